The molecule has 32 heavy (non-hydrogen) atoms. The van der Waals surface area contributed by atoms with E-state index in [-0.39, 0.29) is 0 Å². The van der Waals surface area contributed by atoms with E-state index in [0.29, 0.717) is 0 Å². The van der Waals surface area contributed by atoms with Gasteiger partial charge in [0.2, 0.25) is 0 Å². The third-order valence-corrected chi connectivity index (χ3v) is 4.06. The molecule has 0 spiro atoms. The highest BCUT2D eigenvalue weighted by Gasteiger charge is 2.01. The quantitative estimate of drug-likeness (QED) is 0.417. The van der Waals surface area contributed by atoms with Crippen LogP contribution in [-0.2, 0) is 25.7 Å². The van der Waals surface area contributed by atoms with Crippen molar-refractivity contribution in [2.45, 2.75) is 116 Å². The summed E-state index contributed by atoms with van der Waals surface area (Å²) >= 11 is 0. The Balaban J connectivity index is -0.000000408. The van der Waals surface area contributed by atoms with Crippen LogP contribution >= 0.6 is 0 Å². The van der Waals surface area contributed by atoms with Crippen molar-refractivity contribution < 1.29 is 0 Å². The molecule has 0 nitrogen and oxygen atoms in total. The van der Waals surface area contributed by atoms with Gasteiger partial charge in [-0.1, -0.05) is 139 Å². The van der Waals surface area contributed by atoms with Crippen LogP contribution in [0, 0.1) is 17.8 Å². The average molecular weight is 443 g/mol. The lowest BCUT2D eigenvalue weighted by Crippen LogP contribution is -1.97. The average Bonchev–Trinajstić information content (AvgIpc) is 2.76. The summed E-state index contributed by atoms with van der Waals surface area (Å²) in [5.74, 6) is 2.36. The largest absolute Gasteiger partial charge is 0.0683 e. The number of rotatable bonds is 6. The molecule has 0 heteroatoms. The first-order valence-corrected chi connectivity index (χ1v) is 13.3. The van der Waals surface area contributed by atoms with Gasteiger partial charge in [-0.05, 0) is 65.7 Å². The number of aryl methyl sites for hydroxylation is 2. The lowest BCUT2D eigenvalue weighted by atomic mass is 9.97. The van der Waals surface area contributed by atoms with Gasteiger partial charge >= 0.3 is 0 Å². The number of hydrogen-bond acceptors (Lipinski definition) is 0. The molecule has 0 heterocycles. The Morgan fingerprint density at radius 3 is 1.12 bits per heavy atom. The first-order valence-electron chi connectivity index (χ1n) is 13.3. The highest BCUT2D eigenvalue weighted by atomic mass is 14.1. The van der Waals surface area contributed by atoms with Crippen molar-refractivity contribution in [3.05, 3.63) is 70.8 Å². The third-order valence-electron chi connectivity index (χ3n) is 4.06. The zero-order valence-corrected chi connectivity index (χ0v) is 24.2. The van der Waals surface area contributed by atoms with Crippen LogP contribution in [0.3, 0.4) is 0 Å². The molecule has 0 saturated carbocycles. The van der Waals surface area contributed by atoms with Gasteiger partial charge in [0.15, 0.2) is 0 Å². The molecule has 0 bridgehead atoms. The molecule has 186 valence electrons. The maximum absolute atomic E-state index is 2.36. The molecule has 0 unspecified atom stereocenters. The van der Waals surface area contributed by atoms with Crippen LogP contribution < -0.4 is 0 Å². The SMILES string of the molecule is CC.CC.CC(C)C.CC(C)Cc1ccccc1.CCc1cc(CC)cc(CC(C)C)c1. The number of hydrogen-bond donors (Lipinski definition) is 0. The smallest absolute Gasteiger partial charge is 0.0255 e. The molecule has 2 rings (SSSR count). The van der Waals surface area contributed by atoms with Gasteiger partial charge in [-0.3, -0.25) is 0 Å². The molecular weight excluding hydrogens is 384 g/mol. The fourth-order valence-electron chi connectivity index (χ4n) is 2.92. The molecule has 0 fully saturated rings. The van der Waals surface area contributed by atoms with E-state index >= 15 is 0 Å². The molecule has 0 radical (unpaired) electrons. The zero-order valence-electron chi connectivity index (χ0n) is 24.2. The Labute approximate surface area is 204 Å². The fourth-order valence-corrected chi connectivity index (χ4v) is 2.92. The highest BCUT2D eigenvalue weighted by molar-refractivity contribution is 5.30. The topological polar surface area (TPSA) is 0 Å². The Morgan fingerprint density at radius 2 is 0.812 bits per heavy atom. The van der Waals surface area contributed by atoms with Crippen molar-refractivity contribution in [2.24, 2.45) is 17.8 Å². The summed E-state index contributed by atoms with van der Waals surface area (Å²) < 4.78 is 0. The van der Waals surface area contributed by atoms with Crippen molar-refractivity contribution in [1.82, 2.24) is 0 Å². The molecule has 0 aromatic heterocycles. The van der Waals surface area contributed by atoms with E-state index in [1.807, 2.05) is 27.7 Å². The Morgan fingerprint density at radius 1 is 0.500 bits per heavy atom. The van der Waals surface area contributed by atoms with Gasteiger partial charge in [0.1, 0.15) is 0 Å². The van der Waals surface area contributed by atoms with Gasteiger partial charge in [-0.15, -0.1) is 0 Å². The van der Waals surface area contributed by atoms with Crippen LogP contribution in [0.1, 0.15) is 112 Å². The lowest BCUT2D eigenvalue weighted by molar-refractivity contribution is 0.646. The van der Waals surface area contributed by atoms with Gasteiger partial charge in [0, 0.05) is 0 Å². The van der Waals surface area contributed by atoms with Crippen LogP contribution in [0.4, 0.5) is 0 Å². The second-order valence-electron chi connectivity index (χ2n) is 9.28. The first-order chi connectivity index (χ1) is 15.2. The molecule has 0 aliphatic heterocycles. The van der Waals surface area contributed by atoms with Crippen LogP contribution in [0.15, 0.2) is 48.5 Å². The monoisotopic (exact) mass is 442 g/mol. The standard InChI is InChI=1S/C14H22.C10H14.C4H10.2C2H6/c1-5-12-8-13(6-2)10-14(9-12)7-11(3)4;1-9(2)8-10-6-4-3-5-7-10;1-4(2)3;2*1-2/h8-11H,5-7H2,1-4H3;3-7,9H,8H2,1-2H3;4H,1-3H3;2*1-2H3. The van der Waals surface area contributed by atoms with Crippen LogP contribution in [-0.4, -0.2) is 0 Å². The fraction of sp³-hybridized carbons (Fsp3) is 0.625. The van der Waals surface area contributed by atoms with Crippen molar-refractivity contribution in [3.63, 3.8) is 0 Å². The minimum atomic E-state index is 0.756. The van der Waals surface area contributed by atoms with Crippen LogP contribution in [0.2, 0.25) is 0 Å². The van der Waals surface area contributed by atoms with Crippen molar-refractivity contribution in [3.8, 4) is 0 Å². The Kier molecular flexibility index (Phi) is 26.4. The van der Waals surface area contributed by atoms with E-state index in [4.69, 9.17) is 0 Å². The normalized spacial score (nSPS) is 9.50. The molecule has 0 saturated heterocycles. The molecular formula is C32H58. The van der Waals surface area contributed by atoms with E-state index in [2.05, 4.69) is 111 Å². The summed E-state index contributed by atoms with van der Waals surface area (Å²) in [6.45, 7) is 28.0. The van der Waals surface area contributed by atoms with Gasteiger partial charge in [0.05, 0.1) is 0 Å². The second kappa shape index (κ2) is 24.1. The molecule has 2 aromatic rings. The summed E-state index contributed by atoms with van der Waals surface area (Å²) in [5.41, 5.74) is 5.92. The molecule has 0 atom stereocenters. The molecule has 0 aliphatic carbocycles. The summed E-state index contributed by atoms with van der Waals surface area (Å²) in [7, 11) is 0. The molecule has 0 N–H and O–H groups in total. The summed E-state index contributed by atoms with van der Waals surface area (Å²) in [5, 5.41) is 0. The predicted octanol–water partition coefficient (Wildman–Crippen LogP) is 10.6. The molecule has 2 aromatic carbocycles. The summed E-state index contributed by atoms with van der Waals surface area (Å²) in [6, 6.07) is 17.7. The Bertz CT molecular complexity index is 580. The Hall–Kier alpha value is -1.56. The van der Waals surface area contributed by atoms with Crippen molar-refractivity contribution in [1.29, 1.82) is 0 Å². The van der Waals surface area contributed by atoms with Crippen molar-refractivity contribution in [2.75, 3.05) is 0 Å². The number of benzene rings is 2. The minimum Gasteiger partial charge on any atom is -0.0683 e. The maximum Gasteiger partial charge on any atom is -0.0255 e. The second-order valence-corrected chi connectivity index (χ2v) is 9.28. The van der Waals surface area contributed by atoms with E-state index in [9.17, 15) is 0 Å². The van der Waals surface area contributed by atoms with E-state index in [1.54, 1.807) is 0 Å². The zero-order chi connectivity index (χ0) is 25.5. The minimum absolute atomic E-state index is 0.756. The summed E-state index contributed by atoms with van der Waals surface area (Å²) in [4.78, 5) is 0. The first kappa shape index (κ1) is 35.0. The van der Waals surface area contributed by atoms with Gasteiger partial charge in [-0.25, -0.2) is 0 Å². The van der Waals surface area contributed by atoms with E-state index in [0.717, 1.165) is 30.6 Å². The molecule has 0 amide bonds. The lowest BCUT2D eigenvalue weighted by Gasteiger charge is -2.09. The van der Waals surface area contributed by atoms with Crippen molar-refractivity contribution >= 4 is 0 Å². The maximum atomic E-state index is 2.36. The molecule has 0 aliphatic rings. The summed E-state index contributed by atoms with van der Waals surface area (Å²) in [6.07, 6.45) is 4.71. The van der Waals surface area contributed by atoms with Crippen LogP contribution in [0.25, 0.3) is 0 Å². The highest BCUT2D eigenvalue weighted by Crippen LogP contribution is 2.15. The van der Waals surface area contributed by atoms with E-state index < -0.39 is 0 Å². The van der Waals surface area contributed by atoms with Gasteiger partial charge in [0.25, 0.3) is 0 Å². The van der Waals surface area contributed by atoms with Gasteiger partial charge < -0.3 is 0 Å². The van der Waals surface area contributed by atoms with E-state index in [1.165, 1.54) is 35.1 Å². The third kappa shape index (κ3) is 23.1. The predicted molar refractivity (Wildman–Crippen MR) is 152 cm³/mol. The van der Waals surface area contributed by atoms with Crippen LogP contribution in [0.5, 0.6) is 0 Å². The van der Waals surface area contributed by atoms with Gasteiger partial charge in [-0.2, -0.15) is 0 Å².